The number of H-pyrrole nitrogens is 1. The number of nitrogen functional groups attached to an aromatic ring is 1. The zero-order chi connectivity index (χ0) is 32.2. The van der Waals surface area contributed by atoms with Gasteiger partial charge in [-0.1, -0.05) is 6.07 Å². The maximum Gasteiger partial charge on any atom is 0.421 e. The van der Waals surface area contributed by atoms with Crippen molar-refractivity contribution in [2.24, 2.45) is 5.73 Å². The molecule has 1 aliphatic heterocycles. The van der Waals surface area contributed by atoms with Crippen LogP contribution in [0.1, 0.15) is 65.5 Å². The number of anilines is 1. The summed E-state index contributed by atoms with van der Waals surface area (Å²) in [5.74, 6) is -0.683. The molecule has 5 heterocycles. The van der Waals surface area contributed by atoms with E-state index in [2.05, 4.69) is 30.2 Å². The van der Waals surface area contributed by atoms with Gasteiger partial charge in [-0.05, 0) is 45.6 Å². The van der Waals surface area contributed by atoms with Gasteiger partial charge in [0.05, 0.1) is 23.1 Å². The van der Waals surface area contributed by atoms with Crippen LogP contribution in [-0.2, 0) is 12.0 Å². The minimum Gasteiger partial charge on any atom is -0.383 e. The maximum atomic E-state index is 13.4. The van der Waals surface area contributed by atoms with Crippen LogP contribution in [0.5, 0.6) is 0 Å². The average molecular weight is 625 g/mol. The topological polar surface area (TPSA) is 174 Å². The third-order valence-electron chi connectivity index (χ3n) is 7.84. The molecule has 0 unspecified atom stereocenters. The van der Waals surface area contributed by atoms with E-state index in [1.165, 1.54) is 19.4 Å². The summed E-state index contributed by atoms with van der Waals surface area (Å²) in [7, 11) is 0. The van der Waals surface area contributed by atoms with Gasteiger partial charge in [0.15, 0.2) is 11.4 Å². The van der Waals surface area contributed by atoms with Gasteiger partial charge in [-0.2, -0.15) is 36.0 Å². The molecule has 4 aromatic rings. The van der Waals surface area contributed by atoms with Crippen LogP contribution in [0.3, 0.4) is 0 Å². The van der Waals surface area contributed by atoms with E-state index < -0.39 is 29.4 Å². The number of carbonyl (C=O) groups excluding carboxylic acids is 2. The summed E-state index contributed by atoms with van der Waals surface area (Å²) in [6.45, 7) is 3.21. The lowest BCUT2D eigenvalue weighted by Gasteiger charge is -2.32. The zero-order valence-electron chi connectivity index (χ0n) is 23.2. The number of Topliss-reactive ketones (excluding diaryl/α,β-unsaturated/α-hetero) is 1. The Kier molecular flexibility index (Phi) is 7.59. The molecule has 5 rings (SSSR count). The number of nitrogens with two attached hydrogens (primary N) is 2. The van der Waals surface area contributed by atoms with Crippen molar-refractivity contribution < 1.29 is 35.9 Å². The second kappa shape index (κ2) is 10.8. The van der Waals surface area contributed by atoms with Crippen LogP contribution in [0.15, 0.2) is 30.9 Å². The molecule has 5 N–H and O–H groups in total. The fraction of sp³-hybridized carbons (Fsp3) is 0.423. The number of ketones is 1. The van der Waals surface area contributed by atoms with Crippen molar-refractivity contribution in [1.29, 1.82) is 0 Å². The number of halogens is 6. The number of aryl methyl sites for hydroxylation is 1. The van der Waals surface area contributed by atoms with E-state index >= 15 is 0 Å². The summed E-state index contributed by atoms with van der Waals surface area (Å²) in [5.41, 5.74) is 5.77. The summed E-state index contributed by atoms with van der Waals surface area (Å²) < 4.78 is 81.7. The van der Waals surface area contributed by atoms with Crippen LogP contribution < -0.4 is 11.5 Å². The highest BCUT2D eigenvalue weighted by Crippen LogP contribution is 2.47. The van der Waals surface area contributed by atoms with Crippen LogP contribution in [0, 0.1) is 0 Å². The Labute approximate surface area is 244 Å². The molecule has 0 bridgehead atoms. The van der Waals surface area contributed by atoms with Gasteiger partial charge in [0.2, 0.25) is 5.82 Å². The summed E-state index contributed by atoms with van der Waals surface area (Å²) >= 11 is 0. The molecule has 2 atom stereocenters. The maximum absolute atomic E-state index is 13.4. The number of carbonyl (C=O) groups is 2. The second-order valence-corrected chi connectivity index (χ2v) is 10.6. The first-order chi connectivity index (χ1) is 20.6. The number of fused-ring (bicyclic) bond motifs is 1. The third-order valence-corrected chi connectivity index (χ3v) is 7.84. The molecule has 234 valence electrons. The molecule has 0 radical (unpaired) electrons. The Hall–Kier alpha value is -4.61. The molecular formula is C26H26F6N10O2. The first-order valence-electron chi connectivity index (χ1n) is 13.3. The molecule has 18 heteroatoms. The van der Waals surface area contributed by atoms with Crippen molar-refractivity contribution in [2.75, 3.05) is 5.73 Å². The van der Waals surface area contributed by atoms with E-state index in [1.807, 2.05) is 6.92 Å². The molecule has 44 heavy (non-hydrogen) atoms. The molecule has 4 aromatic heterocycles. The normalized spacial score (nSPS) is 17.9. The van der Waals surface area contributed by atoms with Crippen LogP contribution in [0.25, 0.3) is 16.8 Å². The van der Waals surface area contributed by atoms with Gasteiger partial charge in [-0.3, -0.25) is 14.6 Å². The number of pyridine rings is 1. The fourth-order valence-electron chi connectivity index (χ4n) is 5.53. The number of amides is 1. The highest BCUT2D eigenvalue weighted by molar-refractivity contribution is 6.00. The number of nitrogens with one attached hydrogen (secondary N) is 1. The monoisotopic (exact) mass is 624 g/mol. The van der Waals surface area contributed by atoms with E-state index in [-0.39, 0.29) is 64.1 Å². The molecular weight excluding hydrogens is 598 g/mol. The average Bonchev–Trinajstić information content (AvgIpc) is 3.70. The predicted molar refractivity (Wildman–Crippen MR) is 142 cm³/mol. The molecule has 0 saturated carbocycles. The minimum atomic E-state index is -5.87. The number of hydrogen-bond donors (Lipinski definition) is 3. The van der Waals surface area contributed by atoms with E-state index in [4.69, 9.17) is 11.5 Å². The number of hydrogen-bond acceptors (Lipinski definition) is 9. The van der Waals surface area contributed by atoms with Crippen LogP contribution >= 0.6 is 0 Å². The van der Waals surface area contributed by atoms with Crippen LogP contribution in [-0.4, -0.2) is 75.8 Å². The van der Waals surface area contributed by atoms with Crippen molar-refractivity contribution in [3.8, 4) is 11.1 Å². The number of likely N-dealkylation sites (tertiary alicyclic amines) is 1. The smallest absolute Gasteiger partial charge is 0.383 e. The highest BCUT2D eigenvalue weighted by Gasteiger charge is 2.70. The van der Waals surface area contributed by atoms with Gasteiger partial charge in [0, 0.05) is 29.4 Å². The molecule has 0 spiro atoms. The highest BCUT2D eigenvalue weighted by atomic mass is 19.4. The van der Waals surface area contributed by atoms with E-state index in [0.717, 1.165) is 23.2 Å². The Balaban J connectivity index is 1.49. The molecule has 1 aliphatic rings. The lowest BCUT2D eigenvalue weighted by atomic mass is 9.93. The minimum absolute atomic E-state index is 0.0576. The van der Waals surface area contributed by atoms with Gasteiger partial charge >= 0.3 is 12.4 Å². The lowest BCUT2D eigenvalue weighted by Crippen LogP contribution is -2.61. The Morgan fingerprint density at radius 1 is 1.09 bits per heavy atom. The first-order valence-corrected chi connectivity index (χ1v) is 13.3. The zero-order valence-corrected chi connectivity index (χ0v) is 23.2. The van der Waals surface area contributed by atoms with Crippen molar-refractivity contribution in [3.63, 3.8) is 0 Å². The van der Waals surface area contributed by atoms with Crippen molar-refractivity contribution >= 4 is 23.2 Å². The van der Waals surface area contributed by atoms with Crippen molar-refractivity contribution in [3.05, 3.63) is 53.6 Å². The van der Waals surface area contributed by atoms with E-state index in [9.17, 15) is 35.9 Å². The molecule has 0 aliphatic carbocycles. The molecule has 1 fully saturated rings. The van der Waals surface area contributed by atoms with Crippen molar-refractivity contribution in [2.45, 2.75) is 69.5 Å². The standard InChI is InChI=1S/C26H26F6N10O2/c1-12-3-5-15(41(12)23(44)21-36-11-37-40-21)6-7-17-19(13(2)43)20(33)42-22(39-17)16(10-38-42)14-4-8-18(35-9-14)24(34,25(27,28)29)26(30,31)32/h4,8-12,15H,3,5-7,33-34H2,1-2H3,(H,36,37,40)/t12-,15-/m1/s1. The molecule has 1 saturated heterocycles. The van der Waals surface area contributed by atoms with Gasteiger partial charge in [0.1, 0.15) is 12.1 Å². The quantitative estimate of drug-likeness (QED) is 0.205. The fourth-order valence-corrected chi connectivity index (χ4v) is 5.53. The Bertz CT molecular complexity index is 1690. The largest absolute Gasteiger partial charge is 0.421 e. The summed E-state index contributed by atoms with van der Waals surface area (Å²) in [4.78, 5) is 38.1. The number of alkyl halides is 6. The van der Waals surface area contributed by atoms with E-state index in [0.29, 0.717) is 18.9 Å². The molecule has 1 amide bonds. The molecule has 12 nitrogen and oxygen atoms in total. The van der Waals surface area contributed by atoms with E-state index in [1.54, 1.807) is 4.90 Å². The van der Waals surface area contributed by atoms with Crippen molar-refractivity contribution in [1.82, 2.24) is 39.7 Å². The number of aromatic nitrogens is 7. The van der Waals surface area contributed by atoms with Gasteiger partial charge < -0.3 is 21.4 Å². The number of nitrogens with zero attached hydrogens (tertiary/aromatic N) is 7. The predicted octanol–water partition coefficient (Wildman–Crippen LogP) is 3.60. The number of rotatable bonds is 7. The molecule has 0 aromatic carbocycles. The van der Waals surface area contributed by atoms with Gasteiger partial charge in [-0.25, -0.2) is 4.98 Å². The second-order valence-electron chi connectivity index (χ2n) is 10.6. The summed E-state index contributed by atoms with van der Waals surface area (Å²) in [6.07, 6.45) is -6.35. The Morgan fingerprint density at radius 3 is 2.36 bits per heavy atom. The van der Waals surface area contributed by atoms with Crippen LogP contribution in [0.4, 0.5) is 32.2 Å². The van der Waals surface area contributed by atoms with Gasteiger partial charge in [-0.15, -0.1) is 10.2 Å². The summed E-state index contributed by atoms with van der Waals surface area (Å²) in [6, 6.07) is 1.22. The Morgan fingerprint density at radius 2 is 1.80 bits per heavy atom. The van der Waals surface area contributed by atoms with Crippen LogP contribution in [0.2, 0.25) is 0 Å². The SMILES string of the molecule is CC(=O)c1c(CC[C@H]2CC[C@@H](C)N2C(=O)c2nnc[nH]2)nc2c(-c3ccc(C(N)(C(F)(F)F)C(F)(F)F)nc3)cnn2c1N. The first kappa shape index (κ1) is 30.8. The van der Waals surface area contributed by atoms with Gasteiger partial charge in [0.25, 0.3) is 11.4 Å². The lowest BCUT2D eigenvalue weighted by molar-refractivity contribution is -0.303. The summed E-state index contributed by atoms with van der Waals surface area (Å²) in [5, 5.41) is 11.6. The number of aromatic amines is 1. The third kappa shape index (κ3) is 5.01.